The van der Waals surface area contributed by atoms with E-state index in [-0.39, 0.29) is 0 Å². The van der Waals surface area contributed by atoms with E-state index >= 15 is 0 Å². The molecule has 4 nitrogen and oxygen atoms in total. The van der Waals surface area contributed by atoms with Crippen LogP contribution in [-0.4, -0.2) is 33.8 Å². The number of rotatable bonds is 5. The highest BCUT2D eigenvalue weighted by Gasteiger charge is 2.26. The molecule has 0 unspecified atom stereocenters. The quantitative estimate of drug-likeness (QED) is 0.822. The van der Waals surface area contributed by atoms with Gasteiger partial charge in [0, 0.05) is 18.3 Å². The van der Waals surface area contributed by atoms with Gasteiger partial charge in [0.1, 0.15) is 6.61 Å². The first-order valence-corrected chi connectivity index (χ1v) is 5.23. The number of nitrogens with one attached hydrogen (secondary N) is 1. The van der Waals surface area contributed by atoms with E-state index in [0.29, 0.717) is 6.54 Å². The molecule has 0 aliphatic rings. The van der Waals surface area contributed by atoms with Gasteiger partial charge in [-0.25, -0.2) is 13.3 Å². The van der Waals surface area contributed by atoms with Crippen LogP contribution in [0, 0.1) is 0 Å². The zero-order chi connectivity index (χ0) is 12.3. The average Bonchev–Trinajstić information content (AvgIpc) is 2.73. The van der Waals surface area contributed by atoms with E-state index in [1.165, 1.54) is 0 Å². The number of aliphatic hydroxyl groups excluding tert-OH is 1. The molecule has 2 aromatic heterocycles. The molecule has 2 N–H and O–H groups in total. The monoisotopic (exact) mass is 241 g/mol. The van der Waals surface area contributed by atoms with E-state index in [9.17, 15) is 8.78 Å². The van der Waals surface area contributed by atoms with Gasteiger partial charge >= 0.3 is 0 Å². The van der Waals surface area contributed by atoms with Crippen molar-refractivity contribution >= 4 is 5.52 Å². The molecule has 0 amide bonds. The van der Waals surface area contributed by atoms with Crippen LogP contribution in [0.4, 0.5) is 8.78 Å². The number of fused-ring (bicyclic) bond motifs is 1. The van der Waals surface area contributed by atoms with Crippen molar-refractivity contribution in [1.82, 2.24) is 14.9 Å². The van der Waals surface area contributed by atoms with Gasteiger partial charge in [0.25, 0.3) is 5.92 Å². The fourth-order valence-electron chi connectivity index (χ4n) is 1.56. The maximum Gasteiger partial charge on any atom is 0.282 e. The largest absolute Gasteiger partial charge is 0.390 e. The topological polar surface area (TPSA) is 49.6 Å². The van der Waals surface area contributed by atoms with Gasteiger partial charge in [0.15, 0.2) is 0 Å². The van der Waals surface area contributed by atoms with E-state index in [4.69, 9.17) is 5.11 Å². The molecule has 0 aliphatic carbocycles. The summed E-state index contributed by atoms with van der Waals surface area (Å²) >= 11 is 0. The molecule has 2 rings (SSSR count). The third kappa shape index (κ3) is 2.78. The van der Waals surface area contributed by atoms with Crippen molar-refractivity contribution in [3.05, 3.63) is 36.2 Å². The van der Waals surface area contributed by atoms with Gasteiger partial charge in [-0.1, -0.05) is 6.07 Å². The van der Waals surface area contributed by atoms with Crippen molar-refractivity contribution in [3.63, 3.8) is 0 Å². The average molecular weight is 241 g/mol. The smallest absolute Gasteiger partial charge is 0.282 e. The van der Waals surface area contributed by atoms with E-state index in [2.05, 4.69) is 10.4 Å². The lowest BCUT2D eigenvalue weighted by atomic mass is 10.2. The number of aliphatic hydroxyl groups is 1. The van der Waals surface area contributed by atoms with Crippen molar-refractivity contribution in [1.29, 1.82) is 0 Å². The van der Waals surface area contributed by atoms with E-state index < -0.39 is 19.1 Å². The Morgan fingerprint density at radius 1 is 1.41 bits per heavy atom. The van der Waals surface area contributed by atoms with Crippen LogP contribution < -0.4 is 5.32 Å². The van der Waals surface area contributed by atoms with Crippen LogP contribution in [0.1, 0.15) is 5.56 Å². The van der Waals surface area contributed by atoms with Crippen LogP contribution in [0.3, 0.4) is 0 Å². The predicted molar refractivity (Wildman–Crippen MR) is 58.9 cm³/mol. The van der Waals surface area contributed by atoms with Crippen molar-refractivity contribution in [3.8, 4) is 0 Å². The minimum atomic E-state index is -3.08. The maximum absolute atomic E-state index is 12.8. The van der Waals surface area contributed by atoms with Crippen LogP contribution in [0.5, 0.6) is 0 Å². The molecular weight excluding hydrogens is 228 g/mol. The molecular formula is C11H13F2N3O. The number of aromatic nitrogens is 2. The molecule has 17 heavy (non-hydrogen) atoms. The number of hydrogen-bond donors (Lipinski definition) is 2. The van der Waals surface area contributed by atoms with Gasteiger partial charge in [0.2, 0.25) is 0 Å². The van der Waals surface area contributed by atoms with Crippen molar-refractivity contribution < 1.29 is 13.9 Å². The molecule has 0 fully saturated rings. The lowest BCUT2D eigenvalue weighted by molar-refractivity contribution is -0.0477. The Hall–Kier alpha value is -1.53. The van der Waals surface area contributed by atoms with Gasteiger partial charge < -0.3 is 10.4 Å². The zero-order valence-corrected chi connectivity index (χ0v) is 9.11. The SMILES string of the molecule is OCC(F)(F)CNCc1cnn2ccccc12. The van der Waals surface area contributed by atoms with Gasteiger partial charge in [-0.2, -0.15) is 5.10 Å². The van der Waals surface area contributed by atoms with Gasteiger partial charge in [-0.05, 0) is 12.1 Å². The van der Waals surface area contributed by atoms with Gasteiger partial charge in [0.05, 0.1) is 18.3 Å². The number of hydrogen-bond acceptors (Lipinski definition) is 3. The zero-order valence-electron chi connectivity index (χ0n) is 9.11. The third-order valence-corrected chi connectivity index (χ3v) is 2.44. The Labute approximate surface area is 96.9 Å². The predicted octanol–water partition coefficient (Wildman–Crippen LogP) is 1.05. The normalized spacial score (nSPS) is 12.2. The molecule has 2 heterocycles. The number of pyridine rings is 1. The first-order chi connectivity index (χ1) is 8.12. The number of nitrogens with zero attached hydrogens (tertiary/aromatic N) is 2. The molecule has 0 saturated carbocycles. The fourth-order valence-corrected chi connectivity index (χ4v) is 1.56. The van der Waals surface area contributed by atoms with Crippen molar-refractivity contribution in [2.45, 2.75) is 12.5 Å². The molecule has 0 aromatic carbocycles. The van der Waals surface area contributed by atoms with Crippen LogP contribution >= 0.6 is 0 Å². The number of halogens is 2. The lowest BCUT2D eigenvalue weighted by Crippen LogP contribution is -2.35. The summed E-state index contributed by atoms with van der Waals surface area (Å²) in [6.07, 6.45) is 3.43. The van der Waals surface area contributed by atoms with Crippen LogP contribution in [0.2, 0.25) is 0 Å². The second-order valence-electron chi connectivity index (χ2n) is 3.82. The summed E-state index contributed by atoms with van der Waals surface area (Å²) in [6.45, 7) is -1.40. The Kier molecular flexibility index (Phi) is 3.35. The summed E-state index contributed by atoms with van der Waals surface area (Å²) in [5, 5.41) is 15.1. The Balaban J connectivity index is 2.00. The van der Waals surface area contributed by atoms with Crippen LogP contribution in [0.15, 0.2) is 30.6 Å². The van der Waals surface area contributed by atoms with Gasteiger partial charge in [-0.15, -0.1) is 0 Å². The second kappa shape index (κ2) is 4.77. The molecule has 0 radical (unpaired) electrons. The third-order valence-electron chi connectivity index (χ3n) is 2.44. The summed E-state index contributed by atoms with van der Waals surface area (Å²) in [6, 6.07) is 5.58. The molecule has 0 saturated heterocycles. The summed E-state index contributed by atoms with van der Waals surface area (Å²) in [5.74, 6) is -3.08. The Bertz CT molecular complexity index is 498. The molecule has 92 valence electrons. The highest BCUT2D eigenvalue weighted by molar-refractivity contribution is 5.53. The Morgan fingerprint density at radius 3 is 3.00 bits per heavy atom. The maximum atomic E-state index is 12.8. The van der Waals surface area contributed by atoms with E-state index in [1.54, 1.807) is 16.9 Å². The lowest BCUT2D eigenvalue weighted by Gasteiger charge is -2.13. The molecule has 0 atom stereocenters. The van der Waals surface area contributed by atoms with Crippen molar-refractivity contribution in [2.24, 2.45) is 0 Å². The summed E-state index contributed by atoms with van der Waals surface area (Å²) in [7, 11) is 0. The summed E-state index contributed by atoms with van der Waals surface area (Å²) < 4.78 is 27.2. The highest BCUT2D eigenvalue weighted by Crippen LogP contribution is 2.12. The van der Waals surface area contributed by atoms with Gasteiger partial charge in [-0.3, -0.25) is 0 Å². The number of alkyl halides is 2. The second-order valence-corrected chi connectivity index (χ2v) is 3.82. The Morgan fingerprint density at radius 2 is 2.24 bits per heavy atom. The molecule has 6 heteroatoms. The van der Waals surface area contributed by atoms with Crippen molar-refractivity contribution in [2.75, 3.05) is 13.2 Å². The standard InChI is InChI=1S/C11H13F2N3O/c12-11(13,8-17)7-14-5-9-6-15-16-4-2-1-3-10(9)16/h1-4,6,14,17H,5,7-8H2. The molecule has 0 aliphatic heterocycles. The van der Waals surface area contributed by atoms with E-state index in [0.717, 1.165) is 11.1 Å². The highest BCUT2D eigenvalue weighted by atomic mass is 19.3. The summed E-state index contributed by atoms with van der Waals surface area (Å²) in [5.41, 5.74) is 1.73. The fraction of sp³-hybridized carbons (Fsp3) is 0.364. The van der Waals surface area contributed by atoms with Crippen LogP contribution in [-0.2, 0) is 6.54 Å². The molecule has 0 spiro atoms. The first kappa shape index (κ1) is 11.9. The molecule has 2 aromatic rings. The van der Waals surface area contributed by atoms with E-state index in [1.807, 2.05) is 18.2 Å². The minimum Gasteiger partial charge on any atom is -0.390 e. The molecule has 0 bridgehead atoms. The first-order valence-electron chi connectivity index (χ1n) is 5.23. The van der Waals surface area contributed by atoms with Crippen LogP contribution in [0.25, 0.3) is 5.52 Å². The minimum absolute atomic E-state index is 0.295. The summed E-state index contributed by atoms with van der Waals surface area (Å²) in [4.78, 5) is 0.